The summed E-state index contributed by atoms with van der Waals surface area (Å²) < 4.78 is 10.7. The van der Waals surface area contributed by atoms with Gasteiger partial charge in [0.15, 0.2) is 0 Å². The van der Waals surface area contributed by atoms with E-state index in [9.17, 15) is 4.79 Å². The highest BCUT2D eigenvalue weighted by Crippen LogP contribution is 2.33. The summed E-state index contributed by atoms with van der Waals surface area (Å²) in [7, 11) is 5.66. The summed E-state index contributed by atoms with van der Waals surface area (Å²) in [5, 5.41) is 8.89. The third-order valence-electron chi connectivity index (χ3n) is 6.68. The van der Waals surface area contributed by atoms with Crippen LogP contribution in [0, 0.1) is 13.8 Å². The van der Waals surface area contributed by atoms with Gasteiger partial charge in [-0.15, -0.1) is 0 Å². The van der Waals surface area contributed by atoms with Crippen LogP contribution in [0.5, 0.6) is 5.75 Å². The van der Waals surface area contributed by atoms with Crippen molar-refractivity contribution < 1.29 is 18.9 Å². The van der Waals surface area contributed by atoms with Crippen LogP contribution in [0.1, 0.15) is 41.6 Å². The Labute approximate surface area is 242 Å². The van der Waals surface area contributed by atoms with E-state index >= 15 is 0 Å². The Morgan fingerprint density at radius 3 is 2.37 bits per heavy atom. The molecule has 1 amide bonds. The second-order valence-corrected chi connectivity index (χ2v) is 10.2. The Balaban J connectivity index is 1.50. The zero-order chi connectivity index (χ0) is 29.4. The molecule has 0 saturated carbocycles. The van der Waals surface area contributed by atoms with E-state index in [0.717, 1.165) is 47.3 Å². The summed E-state index contributed by atoms with van der Waals surface area (Å²) in [6, 6.07) is 19.3. The van der Waals surface area contributed by atoms with Crippen LogP contribution in [0.3, 0.4) is 0 Å². The van der Waals surface area contributed by atoms with E-state index < -0.39 is 0 Å². The van der Waals surface area contributed by atoms with Crippen molar-refractivity contribution in [2.24, 2.45) is 0 Å². The van der Waals surface area contributed by atoms with Gasteiger partial charge in [0.2, 0.25) is 11.7 Å². The highest BCUT2D eigenvalue weighted by atomic mass is 16.7. The van der Waals surface area contributed by atoms with Gasteiger partial charge >= 0.3 is 0 Å². The first-order chi connectivity index (χ1) is 19.8. The first-order valence-electron chi connectivity index (χ1n) is 13.9. The number of carbonyl (C=O) groups excluding carboxylic acids is 1. The van der Waals surface area contributed by atoms with Gasteiger partial charge in [-0.3, -0.25) is 14.7 Å². The third kappa shape index (κ3) is 7.71. The molecular formula is C32H39N5O4. The van der Waals surface area contributed by atoms with Gasteiger partial charge in [-0.25, -0.2) is 0 Å². The number of ether oxygens (including phenoxy) is 1. The third-order valence-corrected chi connectivity index (χ3v) is 6.68. The zero-order valence-electron chi connectivity index (χ0n) is 24.7. The number of methoxy groups -OCH3 is 1. The molecule has 0 fully saturated rings. The number of rotatable bonds is 13. The van der Waals surface area contributed by atoms with Crippen molar-refractivity contribution in [3.63, 3.8) is 0 Å². The molecule has 0 atom stereocenters. The number of likely N-dealkylation sites (N-methyl/N-ethyl adjacent to an activating group) is 1. The van der Waals surface area contributed by atoms with Crippen LogP contribution in [0.15, 0.2) is 65.2 Å². The molecule has 1 heterocycles. The molecule has 0 spiro atoms. The average molecular weight is 558 g/mol. The highest BCUT2D eigenvalue weighted by Gasteiger charge is 2.16. The minimum atomic E-state index is -0.188. The number of hydrogen-bond donors (Lipinski definition) is 1. The number of nitrogens with one attached hydrogen (secondary N) is 1. The van der Waals surface area contributed by atoms with Crippen LogP contribution >= 0.6 is 0 Å². The second kappa shape index (κ2) is 13.9. The molecule has 1 N–H and O–H groups in total. The smallest absolute Gasteiger partial charge is 0.255 e. The van der Waals surface area contributed by atoms with E-state index in [0.29, 0.717) is 41.9 Å². The number of aromatic nitrogens is 2. The molecule has 9 heteroatoms. The maximum absolute atomic E-state index is 13.3. The van der Waals surface area contributed by atoms with Gasteiger partial charge in [0, 0.05) is 36.8 Å². The van der Waals surface area contributed by atoms with Crippen molar-refractivity contribution >= 4 is 17.3 Å². The normalized spacial score (nSPS) is 11.1. The van der Waals surface area contributed by atoms with E-state index in [2.05, 4.69) is 27.3 Å². The fourth-order valence-corrected chi connectivity index (χ4v) is 4.40. The van der Waals surface area contributed by atoms with Gasteiger partial charge in [0.25, 0.3) is 5.91 Å². The Kier molecular flexibility index (Phi) is 10.1. The molecular weight excluding hydrogens is 518 g/mol. The molecule has 4 aromatic rings. The number of hydroxylamine groups is 1. The average Bonchev–Trinajstić information content (AvgIpc) is 3.41. The maximum Gasteiger partial charge on any atom is 0.255 e. The van der Waals surface area contributed by atoms with Crippen LogP contribution in [0.25, 0.3) is 22.5 Å². The van der Waals surface area contributed by atoms with Crippen LogP contribution in [-0.4, -0.2) is 61.8 Å². The van der Waals surface area contributed by atoms with E-state index in [1.54, 1.807) is 14.0 Å². The second-order valence-electron chi connectivity index (χ2n) is 10.2. The SMILES string of the molecule is CCCCN(OCCN(C)C)c1cc(NC(=O)c2ccc(-c3ccc(-c4noc(C)n4)cc3)c(C)c2)ccc1OC. The molecule has 0 saturated heterocycles. The standard InChI is InChI=1S/C32H39N5O4/c1-7-8-17-37(40-19-18-36(4)5)29-21-27(14-16-30(29)39-6)34-32(38)26-13-15-28(22(2)20-26)24-9-11-25(12-10-24)31-33-23(3)41-35-31/h9-16,20-21H,7-8,17-19H2,1-6H3,(H,34,38). The van der Waals surface area contributed by atoms with E-state index in [1.165, 1.54) is 0 Å². The summed E-state index contributed by atoms with van der Waals surface area (Å²) >= 11 is 0. The van der Waals surface area contributed by atoms with Crippen molar-refractivity contribution in [1.82, 2.24) is 15.0 Å². The number of hydrogen-bond acceptors (Lipinski definition) is 8. The van der Waals surface area contributed by atoms with Crippen molar-refractivity contribution in [3.8, 4) is 28.3 Å². The van der Waals surface area contributed by atoms with Crippen molar-refractivity contribution in [2.45, 2.75) is 33.6 Å². The first-order valence-corrected chi connectivity index (χ1v) is 13.9. The lowest BCUT2D eigenvalue weighted by atomic mass is 9.97. The van der Waals surface area contributed by atoms with Crippen molar-refractivity contribution in [2.75, 3.05) is 51.3 Å². The van der Waals surface area contributed by atoms with E-state index in [4.69, 9.17) is 14.1 Å². The number of nitrogens with zero attached hydrogens (tertiary/aromatic N) is 4. The summed E-state index contributed by atoms with van der Waals surface area (Å²) in [4.78, 5) is 25.7. The van der Waals surface area contributed by atoms with Gasteiger partial charge in [0.1, 0.15) is 11.4 Å². The monoisotopic (exact) mass is 557 g/mol. The Morgan fingerprint density at radius 2 is 1.73 bits per heavy atom. The zero-order valence-corrected chi connectivity index (χ0v) is 24.7. The molecule has 9 nitrogen and oxygen atoms in total. The molecule has 0 bridgehead atoms. The molecule has 41 heavy (non-hydrogen) atoms. The minimum Gasteiger partial charge on any atom is -0.494 e. The maximum atomic E-state index is 13.3. The van der Waals surface area contributed by atoms with Gasteiger partial charge in [-0.2, -0.15) is 4.98 Å². The molecule has 4 rings (SSSR count). The predicted octanol–water partition coefficient (Wildman–Crippen LogP) is 6.38. The number of unbranched alkanes of at least 4 members (excludes halogenated alkanes) is 1. The largest absolute Gasteiger partial charge is 0.494 e. The Morgan fingerprint density at radius 1 is 0.976 bits per heavy atom. The van der Waals surface area contributed by atoms with Gasteiger partial charge in [-0.05, 0) is 74.5 Å². The van der Waals surface area contributed by atoms with E-state index in [1.807, 2.05) is 86.7 Å². The van der Waals surface area contributed by atoms with Gasteiger partial charge in [-0.1, -0.05) is 48.8 Å². The fourth-order valence-electron chi connectivity index (χ4n) is 4.40. The molecule has 1 aromatic heterocycles. The van der Waals surface area contributed by atoms with Gasteiger partial charge < -0.3 is 19.5 Å². The van der Waals surface area contributed by atoms with Crippen molar-refractivity contribution in [1.29, 1.82) is 0 Å². The Bertz CT molecular complexity index is 1450. The molecule has 3 aromatic carbocycles. The molecule has 216 valence electrons. The number of aryl methyl sites for hydroxylation is 2. The first kappa shape index (κ1) is 29.8. The highest BCUT2D eigenvalue weighted by molar-refractivity contribution is 6.05. The predicted molar refractivity (Wildman–Crippen MR) is 162 cm³/mol. The lowest BCUT2D eigenvalue weighted by Crippen LogP contribution is -2.29. The molecule has 0 radical (unpaired) electrons. The molecule has 0 aliphatic heterocycles. The van der Waals surface area contributed by atoms with Crippen LogP contribution in [-0.2, 0) is 4.84 Å². The number of carbonyl (C=O) groups is 1. The van der Waals surface area contributed by atoms with Crippen LogP contribution in [0.2, 0.25) is 0 Å². The lowest BCUT2D eigenvalue weighted by Gasteiger charge is -2.26. The summed E-state index contributed by atoms with van der Waals surface area (Å²) in [5.41, 5.74) is 5.99. The topological polar surface area (TPSA) is 93.0 Å². The summed E-state index contributed by atoms with van der Waals surface area (Å²) in [6.07, 6.45) is 2.00. The van der Waals surface area contributed by atoms with Crippen molar-refractivity contribution in [3.05, 3.63) is 77.7 Å². The molecule has 0 unspecified atom stereocenters. The summed E-state index contributed by atoms with van der Waals surface area (Å²) in [5.74, 6) is 1.59. The quantitative estimate of drug-likeness (QED) is 0.189. The van der Waals surface area contributed by atoms with Crippen LogP contribution in [0.4, 0.5) is 11.4 Å². The molecule has 0 aliphatic carbocycles. The lowest BCUT2D eigenvalue weighted by molar-refractivity contribution is 0.0922. The minimum absolute atomic E-state index is 0.188. The molecule has 0 aliphatic rings. The Hall–Kier alpha value is -4.21. The number of amides is 1. The number of anilines is 2. The number of benzene rings is 3. The fraction of sp³-hybridized carbons (Fsp3) is 0.344. The summed E-state index contributed by atoms with van der Waals surface area (Å²) in [6.45, 7) is 7.97. The van der Waals surface area contributed by atoms with Gasteiger partial charge in [0.05, 0.1) is 13.7 Å². The van der Waals surface area contributed by atoms with E-state index in [-0.39, 0.29) is 5.91 Å². The van der Waals surface area contributed by atoms with Crippen LogP contribution < -0.4 is 15.1 Å².